The van der Waals surface area contributed by atoms with Gasteiger partial charge in [-0.25, -0.2) is 4.98 Å². The number of oxazole rings is 1. The summed E-state index contributed by atoms with van der Waals surface area (Å²) in [7, 11) is 0. The third kappa shape index (κ3) is 3.81. The van der Waals surface area contributed by atoms with Crippen molar-refractivity contribution in [2.45, 2.75) is 50.9 Å². The fourth-order valence-electron chi connectivity index (χ4n) is 4.41. The molecule has 29 heavy (non-hydrogen) atoms. The van der Waals surface area contributed by atoms with E-state index in [9.17, 15) is 4.79 Å². The quantitative estimate of drug-likeness (QED) is 0.563. The number of amides is 1. The summed E-state index contributed by atoms with van der Waals surface area (Å²) >= 11 is 0. The second kappa shape index (κ2) is 7.66. The van der Waals surface area contributed by atoms with Gasteiger partial charge in [-0.1, -0.05) is 55.8 Å². The Morgan fingerprint density at radius 1 is 1.17 bits per heavy atom. The average molecular weight is 389 g/mol. The molecule has 0 spiro atoms. The van der Waals surface area contributed by atoms with Crippen molar-refractivity contribution in [3.63, 3.8) is 0 Å². The maximum absolute atomic E-state index is 11.9. The highest BCUT2D eigenvalue weighted by Gasteiger charge is 2.41. The van der Waals surface area contributed by atoms with Crippen molar-refractivity contribution in [1.82, 2.24) is 10.3 Å². The highest BCUT2D eigenvalue weighted by Crippen LogP contribution is 2.49. The van der Waals surface area contributed by atoms with Crippen LogP contribution in [0.1, 0.15) is 67.9 Å². The molecular formula is C25H28N2O2. The lowest BCUT2D eigenvalue weighted by atomic mass is 9.94. The van der Waals surface area contributed by atoms with E-state index in [2.05, 4.69) is 48.6 Å². The molecule has 2 fully saturated rings. The maximum Gasteiger partial charge on any atom is 0.223 e. The molecule has 2 aromatic carbocycles. The van der Waals surface area contributed by atoms with E-state index in [-0.39, 0.29) is 17.7 Å². The summed E-state index contributed by atoms with van der Waals surface area (Å²) in [6.45, 7) is 2.98. The number of nitrogens with zero attached hydrogens (tertiary/aromatic N) is 1. The number of nitrogens with one attached hydrogen (secondary N) is 1. The molecule has 0 unspecified atom stereocenters. The van der Waals surface area contributed by atoms with Crippen LogP contribution in [0.15, 0.2) is 52.9 Å². The second-order valence-electron chi connectivity index (χ2n) is 8.62. The zero-order valence-electron chi connectivity index (χ0n) is 16.9. The Bertz CT molecular complexity index is 1010. The number of hydrogen-bond acceptors (Lipinski definition) is 3. The largest absolute Gasteiger partial charge is 0.440 e. The summed E-state index contributed by atoms with van der Waals surface area (Å²) in [5.41, 5.74) is 4.38. The smallest absolute Gasteiger partial charge is 0.223 e. The molecule has 0 radical (unpaired) electrons. The SMILES string of the molecule is CCC[C@H](c1ccccc1)c1nc2cccc([C@@H]3C[C@H]3CNC(=O)C3CC3)c2o1. The monoisotopic (exact) mass is 388 g/mol. The van der Waals surface area contributed by atoms with Crippen molar-refractivity contribution < 1.29 is 9.21 Å². The van der Waals surface area contributed by atoms with Crippen LogP contribution in [0.5, 0.6) is 0 Å². The molecule has 150 valence electrons. The summed E-state index contributed by atoms with van der Waals surface area (Å²) in [4.78, 5) is 16.8. The number of fused-ring (bicyclic) bond motifs is 1. The first kappa shape index (κ1) is 18.4. The molecular weight excluding hydrogens is 360 g/mol. The molecule has 1 aromatic heterocycles. The van der Waals surface area contributed by atoms with Gasteiger partial charge < -0.3 is 9.73 Å². The molecule has 4 heteroatoms. The highest BCUT2D eigenvalue weighted by atomic mass is 16.3. The first-order valence-electron chi connectivity index (χ1n) is 11.0. The Morgan fingerprint density at radius 2 is 2.00 bits per heavy atom. The molecule has 1 amide bonds. The van der Waals surface area contributed by atoms with Gasteiger partial charge in [0.15, 0.2) is 5.58 Å². The number of hydrogen-bond donors (Lipinski definition) is 1. The van der Waals surface area contributed by atoms with E-state index < -0.39 is 0 Å². The lowest BCUT2D eigenvalue weighted by Gasteiger charge is -2.12. The van der Waals surface area contributed by atoms with Gasteiger partial charge in [-0.2, -0.15) is 0 Å². The Kier molecular flexibility index (Phi) is 4.86. The Balaban J connectivity index is 1.37. The Hall–Kier alpha value is -2.62. The fraction of sp³-hybridized carbons (Fsp3) is 0.440. The van der Waals surface area contributed by atoms with E-state index in [4.69, 9.17) is 9.40 Å². The molecule has 0 aliphatic heterocycles. The first-order chi connectivity index (χ1) is 14.2. The fourth-order valence-corrected chi connectivity index (χ4v) is 4.41. The van der Waals surface area contributed by atoms with Crippen LogP contribution in [0.4, 0.5) is 0 Å². The van der Waals surface area contributed by atoms with Crippen LogP contribution < -0.4 is 5.32 Å². The van der Waals surface area contributed by atoms with Crippen LogP contribution in [-0.4, -0.2) is 17.4 Å². The zero-order valence-corrected chi connectivity index (χ0v) is 16.9. The van der Waals surface area contributed by atoms with Gasteiger partial charge in [-0.05, 0) is 49.1 Å². The zero-order chi connectivity index (χ0) is 19.8. The molecule has 3 aromatic rings. The molecule has 2 aliphatic carbocycles. The second-order valence-corrected chi connectivity index (χ2v) is 8.62. The number of carbonyl (C=O) groups is 1. The summed E-state index contributed by atoms with van der Waals surface area (Å²) in [5, 5.41) is 3.13. The topological polar surface area (TPSA) is 55.1 Å². The van der Waals surface area contributed by atoms with Gasteiger partial charge in [0.25, 0.3) is 0 Å². The minimum absolute atomic E-state index is 0.189. The van der Waals surface area contributed by atoms with E-state index in [0.717, 1.165) is 55.6 Å². The summed E-state index contributed by atoms with van der Waals surface area (Å²) in [6.07, 6.45) is 5.32. The molecule has 1 heterocycles. The molecule has 0 bridgehead atoms. The van der Waals surface area contributed by atoms with Gasteiger partial charge in [-0.15, -0.1) is 0 Å². The predicted octanol–water partition coefficient (Wildman–Crippen LogP) is 5.39. The number of para-hydroxylation sites is 1. The Morgan fingerprint density at radius 3 is 2.76 bits per heavy atom. The van der Waals surface area contributed by atoms with E-state index in [1.165, 1.54) is 11.1 Å². The van der Waals surface area contributed by atoms with E-state index in [0.29, 0.717) is 11.8 Å². The number of benzene rings is 2. The third-order valence-corrected chi connectivity index (χ3v) is 6.35. The maximum atomic E-state index is 11.9. The van der Waals surface area contributed by atoms with Crippen LogP contribution >= 0.6 is 0 Å². The number of aromatic nitrogens is 1. The third-order valence-electron chi connectivity index (χ3n) is 6.35. The standard InChI is InChI=1S/C25H28N2O2/c1-2-7-19(16-8-4-3-5-9-16)25-27-22-11-6-10-20(23(22)29-25)21-14-18(21)15-26-24(28)17-12-13-17/h3-6,8-11,17-19,21H,2,7,12-15H2,1H3,(H,26,28)/t18-,19+,21+/m0/s1. The molecule has 5 rings (SSSR count). The van der Waals surface area contributed by atoms with Crippen molar-refractivity contribution in [2.75, 3.05) is 6.54 Å². The van der Waals surface area contributed by atoms with E-state index in [1.807, 2.05) is 12.1 Å². The minimum atomic E-state index is 0.189. The van der Waals surface area contributed by atoms with Crippen molar-refractivity contribution >= 4 is 17.0 Å². The number of carbonyl (C=O) groups excluding carboxylic acids is 1. The van der Waals surface area contributed by atoms with Crippen molar-refractivity contribution in [1.29, 1.82) is 0 Å². The van der Waals surface area contributed by atoms with Crippen molar-refractivity contribution in [3.05, 3.63) is 65.5 Å². The number of rotatable bonds is 8. The van der Waals surface area contributed by atoms with Gasteiger partial charge in [0.2, 0.25) is 11.8 Å². The van der Waals surface area contributed by atoms with Gasteiger partial charge in [-0.3, -0.25) is 4.79 Å². The Labute approximate surface area is 171 Å². The van der Waals surface area contributed by atoms with Gasteiger partial charge in [0.05, 0.1) is 5.92 Å². The first-order valence-corrected chi connectivity index (χ1v) is 11.0. The summed E-state index contributed by atoms with van der Waals surface area (Å²) in [5.74, 6) is 2.49. The van der Waals surface area contributed by atoms with Gasteiger partial charge in [0, 0.05) is 18.0 Å². The van der Waals surface area contributed by atoms with E-state index in [1.54, 1.807) is 0 Å². The van der Waals surface area contributed by atoms with Crippen LogP contribution in [0.2, 0.25) is 0 Å². The summed E-state index contributed by atoms with van der Waals surface area (Å²) < 4.78 is 6.39. The van der Waals surface area contributed by atoms with Crippen LogP contribution in [-0.2, 0) is 4.79 Å². The van der Waals surface area contributed by atoms with Gasteiger partial charge >= 0.3 is 0 Å². The normalized spacial score (nSPS) is 21.8. The van der Waals surface area contributed by atoms with Crippen LogP contribution in [0.3, 0.4) is 0 Å². The van der Waals surface area contributed by atoms with Gasteiger partial charge in [0.1, 0.15) is 5.52 Å². The molecule has 2 aliphatic rings. The van der Waals surface area contributed by atoms with Crippen molar-refractivity contribution in [2.24, 2.45) is 11.8 Å². The molecule has 1 N–H and O–H groups in total. The minimum Gasteiger partial charge on any atom is -0.440 e. The lowest BCUT2D eigenvalue weighted by molar-refractivity contribution is -0.122. The van der Waals surface area contributed by atoms with Crippen LogP contribution in [0.25, 0.3) is 11.1 Å². The molecule has 3 atom stereocenters. The average Bonchev–Trinajstić information content (AvgIpc) is 3.67. The summed E-state index contributed by atoms with van der Waals surface area (Å²) in [6, 6.07) is 16.8. The predicted molar refractivity (Wildman–Crippen MR) is 114 cm³/mol. The van der Waals surface area contributed by atoms with E-state index >= 15 is 0 Å². The van der Waals surface area contributed by atoms with Crippen molar-refractivity contribution in [3.8, 4) is 0 Å². The lowest BCUT2D eigenvalue weighted by Crippen LogP contribution is -2.27. The molecule has 0 saturated heterocycles. The molecule has 4 nitrogen and oxygen atoms in total. The highest BCUT2D eigenvalue weighted by molar-refractivity contribution is 5.81. The van der Waals surface area contributed by atoms with Crippen LogP contribution in [0, 0.1) is 11.8 Å². The molecule has 2 saturated carbocycles.